The van der Waals surface area contributed by atoms with E-state index in [2.05, 4.69) is 21.5 Å². The van der Waals surface area contributed by atoms with Gasteiger partial charge in [-0.3, -0.25) is 4.72 Å². The lowest BCUT2D eigenvalue weighted by Gasteiger charge is -2.30. The SMILES string of the molecule is COc1cc2ccc(Oc3ccc(Cl)c(NS(=O)(=O)c4c(F)cccc4F)c3)nc2cc1OCCCN1CCC(C)CC1. The number of hydrogen-bond acceptors (Lipinski definition) is 7. The van der Waals surface area contributed by atoms with Crippen molar-refractivity contribution < 1.29 is 31.4 Å². The highest BCUT2D eigenvalue weighted by molar-refractivity contribution is 7.92. The lowest BCUT2D eigenvalue weighted by molar-refractivity contribution is 0.176. The van der Waals surface area contributed by atoms with Crippen LogP contribution in [0.3, 0.4) is 0 Å². The number of nitrogens with zero attached hydrogens (tertiary/aromatic N) is 2. The van der Waals surface area contributed by atoms with Gasteiger partial charge in [0.25, 0.3) is 10.0 Å². The summed E-state index contributed by atoms with van der Waals surface area (Å²) >= 11 is 6.18. The minimum Gasteiger partial charge on any atom is -0.493 e. The molecule has 0 unspecified atom stereocenters. The van der Waals surface area contributed by atoms with Gasteiger partial charge in [-0.25, -0.2) is 22.2 Å². The van der Waals surface area contributed by atoms with Crippen molar-refractivity contribution in [2.75, 3.05) is 38.1 Å². The van der Waals surface area contributed by atoms with Crippen LogP contribution in [0.1, 0.15) is 26.2 Å². The van der Waals surface area contributed by atoms with Gasteiger partial charge in [-0.1, -0.05) is 24.6 Å². The Kier molecular flexibility index (Phi) is 9.53. The van der Waals surface area contributed by atoms with Crippen molar-refractivity contribution in [3.63, 3.8) is 0 Å². The van der Waals surface area contributed by atoms with Crippen molar-refractivity contribution in [3.8, 4) is 23.1 Å². The number of nitrogens with one attached hydrogen (secondary N) is 1. The van der Waals surface area contributed by atoms with Gasteiger partial charge in [-0.2, -0.15) is 0 Å². The Morgan fingerprint density at radius 3 is 2.49 bits per heavy atom. The summed E-state index contributed by atoms with van der Waals surface area (Å²) in [4.78, 5) is 5.94. The number of ether oxygens (including phenoxy) is 3. The zero-order valence-corrected chi connectivity index (χ0v) is 25.4. The molecule has 12 heteroatoms. The van der Waals surface area contributed by atoms with Gasteiger partial charge in [0.15, 0.2) is 16.4 Å². The Balaban J connectivity index is 1.30. The fourth-order valence-electron chi connectivity index (χ4n) is 4.90. The summed E-state index contributed by atoms with van der Waals surface area (Å²) in [7, 11) is -3.05. The zero-order chi connectivity index (χ0) is 30.6. The number of hydrogen-bond donors (Lipinski definition) is 1. The number of fused-ring (bicyclic) bond motifs is 1. The normalized spacial score (nSPS) is 14.5. The summed E-state index contributed by atoms with van der Waals surface area (Å²) in [6, 6.07) is 14.1. The van der Waals surface area contributed by atoms with Gasteiger partial charge in [0.2, 0.25) is 5.88 Å². The Hall–Kier alpha value is -3.67. The van der Waals surface area contributed by atoms with Gasteiger partial charge in [-0.05, 0) is 74.7 Å². The quantitative estimate of drug-likeness (QED) is 0.174. The first-order chi connectivity index (χ1) is 20.6. The predicted molar refractivity (Wildman–Crippen MR) is 162 cm³/mol. The number of pyridine rings is 1. The van der Waals surface area contributed by atoms with Crippen LogP contribution < -0.4 is 18.9 Å². The van der Waals surface area contributed by atoms with Crippen LogP contribution in [0, 0.1) is 17.6 Å². The lowest BCUT2D eigenvalue weighted by Crippen LogP contribution is -2.34. The average molecular weight is 632 g/mol. The number of aromatic nitrogens is 1. The fourth-order valence-corrected chi connectivity index (χ4v) is 6.33. The molecule has 43 heavy (non-hydrogen) atoms. The Labute approximate surface area is 254 Å². The topological polar surface area (TPSA) is 90.0 Å². The van der Waals surface area contributed by atoms with E-state index < -0.39 is 26.6 Å². The first-order valence-corrected chi connectivity index (χ1v) is 15.8. The number of rotatable bonds is 11. The van der Waals surface area contributed by atoms with Crippen molar-refractivity contribution in [2.45, 2.75) is 31.1 Å². The smallest absolute Gasteiger partial charge is 0.267 e. The van der Waals surface area contributed by atoms with E-state index in [0.29, 0.717) is 23.6 Å². The summed E-state index contributed by atoms with van der Waals surface area (Å²) in [6.07, 6.45) is 3.35. The van der Waals surface area contributed by atoms with Crippen molar-refractivity contribution >= 4 is 38.2 Å². The molecule has 228 valence electrons. The largest absolute Gasteiger partial charge is 0.493 e. The maximum Gasteiger partial charge on any atom is 0.267 e. The lowest BCUT2D eigenvalue weighted by atomic mass is 9.99. The number of methoxy groups -OCH3 is 1. The molecule has 0 spiro atoms. The van der Waals surface area contributed by atoms with Crippen LogP contribution in [0.25, 0.3) is 10.9 Å². The molecule has 0 bridgehead atoms. The summed E-state index contributed by atoms with van der Waals surface area (Å²) in [5, 5.41) is 0.804. The molecule has 0 aliphatic carbocycles. The standard InChI is InChI=1S/C31H32ClF2N3O5S/c1-20-11-14-37(15-12-20)13-4-16-41-29-19-26-21(17-28(29)40-2)7-10-30(35-26)42-22-8-9-23(32)27(18-22)36-43(38,39)31-24(33)5-3-6-25(31)34/h3,5-10,17-20,36H,4,11-16H2,1-2H3. The van der Waals surface area contributed by atoms with Gasteiger partial charge in [0.05, 0.1) is 29.9 Å². The van der Waals surface area contributed by atoms with E-state index in [1.807, 2.05) is 12.1 Å². The van der Waals surface area contributed by atoms with Gasteiger partial charge in [-0.15, -0.1) is 0 Å². The van der Waals surface area contributed by atoms with E-state index in [9.17, 15) is 17.2 Å². The highest BCUT2D eigenvalue weighted by Gasteiger charge is 2.25. The second-order valence-electron chi connectivity index (χ2n) is 10.5. The van der Waals surface area contributed by atoms with Crippen LogP contribution in [-0.2, 0) is 10.0 Å². The molecule has 4 aromatic rings. The van der Waals surface area contributed by atoms with Crippen LogP contribution in [0.4, 0.5) is 14.5 Å². The van der Waals surface area contributed by atoms with Gasteiger partial charge >= 0.3 is 0 Å². The number of piperidine rings is 1. The molecule has 0 amide bonds. The summed E-state index contributed by atoms with van der Waals surface area (Å²) in [5.74, 6) is -0.0895. The molecule has 0 atom stereocenters. The van der Waals surface area contributed by atoms with E-state index in [0.717, 1.165) is 55.6 Å². The molecule has 1 saturated heterocycles. The third-order valence-corrected chi connectivity index (χ3v) is 9.04. The molecule has 1 aliphatic rings. The summed E-state index contributed by atoms with van der Waals surface area (Å²) in [6.45, 7) is 6.06. The molecular weight excluding hydrogens is 600 g/mol. The van der Waals surface area contributed by atoms with Gasteiger partial charge in [0.1, 0.15) is 17.4 Å². The third kappa shape index (κ3) is 7.46. The maximum atomic E-state index is 14.2. The molecule has 1 fully saturated rings. The Morgan fingerprint density at radius 2 is 1.77 bits per heavy atom. The van der Waals surface area contributed by atoms with E-state index >= 15 is 0 Å². The minimum atomic E-state index is -4.63. The van der Waals surface area contributed by atoms with Crippen molar-refractivity contribution in [1.82, 2.24) is 9.88 Å². The molecular formula is C31H32ClF2N3O5S. The molecule has 1 aromatic heterocycles. The van der Waals surface area contributed by atoms with Crippen LogP contribution in [-0.4, -0.2) is 51.7 Å². The third-order valence-electron chi connectivity index (χ3n) is 7.29. The first-order valence-electron chi connectivity index (χ1n) is 13.9. The number of sulfonamides is 1. The monoisotopic (exact) mass is 631 g/mol. The molecule has 8 nitrogen and oxygen atoms in total. The van der Waals surface area contributed by atoms with Gasteiger partial charge < -0.3 is 19.1 Å². The summed E-state index contributed by atoms with van der Waals surface area (Å²) in [5.41, 5.74) is 0.477. The molecule has 1 N–H and O–H groups in total. The summed E-state index contributed by atoms with van der Waals surface area (Å²) < 4.78 is 73.4. The van der Waals surface area contributed by atoms with Gasteiger partial charge in [0, 0.05) is 30.1 Å². The van der Waals surface area contributed by atoms with E-state index in [1.165, 1.54) is 31.0 Å². The zero-order valence-electron chi connectivity index (χ0n) is 23.8. The van der Waals surface area contributed by atoms with E-state index in [1.54, 1.807) is 19.2 Å². The average Bonchev–Trinajstić information content (AvgIpc) is 2.97. The Bertz CT molecular complexity index is 1700. The highest BCUT2D eigenvalue weighted by atomic mass is 35.5. The molecule has 2 heterocycles. The minimum absolute atomic E-state index is 0.00266. The van der Waals surface area contributed by atoms with Crippen LogP contribution in [0.2, 0.25) is 5.02 Å². The second-order valence-corrected chi connectivity index (χ2v) is 12.5. The van der Waals surface area contributed by atoms with E-state index in [4.69, 9.17) is 25.8 Å². The molecule has 0 radical (unpaired) electrons. The van der Waals surface area contributed by atoms with Crippen LogP contribution >= 0.6 is 11.6 Å². The van der Waals surface area contributed by atoms with E-state index in [-0.39, 0.29) is 22.3 Å². The predicted octanol–water partition coefficient (Wildman–Crippen LogP) is 7.27. The number of anilines is 1. The second kappa shape index (κ2) is 13.3. The van der Waals surface area contributed by atoms with Crippen molar-refractivity contribution in [3.05, 3.63) is 77.3 Å². The molecule has 1 aliphatic heterocycles. The van der Waals surface area contributed by atoms with Crippen molar-refractivity contribution in [2.24, 2.45) is 5.92 Å². The van der Waals surface area contributed by atoms with Crippen molar-refractivity contribution in [1.29, 1.82) is 0 Å². The molecule has 5 rings (SSSR count). The number of halogens is 3. The van der Waals surface area contributed by atoms with Crippen LogP contribution in [0.15, 0.2) is 65.6 Å². The first kappa shape index (κ1) is 30.8. The molecule has 0 saturated carbocycles. The maximum absolute atomic E-state index is 14.2. The number of benzene rings is 3. The van der Waals surface area contributed by atoms with Crippen LogP contribution in [0.5, 0.6) is 23.1 Å². The number of likely N-dealkylation sites (tertiary alicyclic amines) is 1. The fraction of sp³-hybridized carbons (Fsp3) is 0.323. The molecule has 3 aromatic carbocycles. The Morgan fingerprint density at radius 1 is 1.02 bits per heavy atom. The highest BCUT2D eigenvalue weighted by Crippen LogP contribution is 2.35.